The molecule has 0 atom stereocenters. The predicted molar refractivity (Wildman–Crippen MR) is 102 cm³/mol. The van der Waals surface area contributed by atoms with Crippen LogP contribution in [0, 0.1) is 23.3 Å². The van der Waals surface area contributed by atoms with Crippen molar-refractivity contribution in [2.45, 2.75) is 25.9 Å². The van der Waals surface area contributed by atoms with E-state index in [9.17, 15) is 17.6 Å². The van der Waals surface area contributed by atoms with Gasteiger partial charge in [0.15, 0.2) is 23.3 Å². The van der Waals surface area contributed by atoms with E-state index in [0.717, 1.165) is 24.0 Å². The Bertz CT molecular complexity index is 949. The molecule has 154 valence electrons. The Morgan fingerprint density at radius 1 is 1.07 bits per heavy atom. The minimum absolute atomic E-state index is 0.0960. The zero-order chi connectivity index (χ0) is 21.0. The largest absolute Gasteiger partial charge is 0.489 e. The Morgan fingerprint density at radius 3 is 2.48 bits per heavy atom. The Kier molecular flexibility index (Phi) is 7.03. The molecule has 0 spiro atoms. The highest BCUT2D eigenvalue weighted by atomic mass is 35.5. The van der Waals surface area contributed by atoms with E-state index in [0.29, 0.717) is 17.9 Å². The van der Waals surface area contributed by atoms with Gasteiger partial charge in [0.25, 0.3) is 0 Å². The molecule has 0 unspecified atom stereocenters. The van der Waals surface area contributed by atoms with E-state index in [2.05, 4.69) is 5.16 Å². The van der Waals surface area contributed by atoms with Gasteiger partial charge in [0, 0.05) is 17.2 Å². The number of hydrogen-bond donors (Lipinski definition) is 0. The van der Waals surface area contributed by atoms with Crippen LogP contribution in [0.1, 0.15) is 29.5 Å². The summed E-state index contributed by atoms with van der Waals surface area (Å²) in [7, 11) is 0. The zero-order valence-electron chi connectivity index (χ0n) is 15.0. The molecule has 29 heavy (non-hydrogen) atoms. The summed E-state index contributed by atoms with van der Waals surface area (Å²) in [5.74, 6) is -5.37. The highest BCUT2D eigenvalue weighted by molar-refractivity contribution is 6.55. The molecule has 3 rings (SSSR count). The van der Waals surface area contributed by atoms with Gasteiger partial charge in [-0.25, -0.2) is 17.6 Å². The minimum atomic E-state index is -1.50. The summed E-state index contributed by atoms with van der Waals surface area (Å²) in [4.78, 5) is 5.03. The standard InChI is InChI=1S/C20H15Cl2F4NO2/c21-18(22)7-8-28-17-6-2-3-11-12(17)4-1-5-16(11)27-29-10-13-19(25)14(23)9-15(24)20(13)26/h2-3,6-7,9H,1,4-5,8,10H2/b27-16+. The van der Waals surface area contributed by atoms with Crippen molar-refractivity contribution in [1.82, 2.24) is 0 Å². The van der Waals surface area contributed by atoms with Crippen molar-refractivity contribution in [3.8, 4) is 5.75 Å². The van der Waals surface area contributed by atoms with Gasteiger partial charge in [0.2, 0.25) is 0 Å². The fraction of sp³-hybridized carbons (Fsp3) is 0.250. The number of halogens is 6. The number of hydrogen-bond acceptors (Lipinski definition) is 3. The van der Waals surface area contributed by atoms with Crippen LogP contribution in [0.25, 0.3) is 0 Å². The van der Waals surface area contributed by atoms with E-state index in [1.54, 1.807) is 12.1 Å². The number of nitrogens with zero attached hydrogens (tertiary/aromatic N) is 1. The second-order valence-electron chi connectivity index (χ2n) is 6.20. The number of oxime groups is 1. The second-order valence-corrected chi connectivity index (χ2v) is 7.21. The van der Waals surface area contributed by atoms with E-state index < -0.39 is 35.4 Å². The van der Waals surface area contributed by atoms with Crippen LogP contribution in [0.2, 0.25) is 0 Å². The van der Waals surface area contributed by atoms with Crippen LogP contribution >= 0.6 is 23.2 Å². The Morgan fingerprint density at radius 2 is 1.79 bits per heavy atom. The van der Waals surface area contributed by atoms with Crippen LogP contribution in [0.5, 0.6) is 5.75 Å². The maximum atomic E-state index is 13.7. The average Bonchev–Trinajstić information content (AvgIpc) is 2.69. The molecule has 0 N–H and O–H groups in total. The first-order chi connectivity index (χ1) is 13.9. The summed E-state index contributed by atoms with van der Waals surface area (Å²) in [5.41, 5.74) is 1.35. The fourth-order valence-electron chi connectivity index (χ4n) is 3.01. The lowest BCUT2D eigenvalue weighted by Crippen LogP contribution is -2.14. The third-order valence-corrected chi connectivity index (χ3v) is 4.66. The van der Waals surface area contributed by atoms with E-state index in [-0.39, 0.29) is 17.2 Å². The van der Waals surface area contributed by atoms with Gasteiger partial charge in [0.05, 0.1) is 11.3 Å². The summed E-state index contributed by atoms with van der Waals surface area (Å²) in [6.07, 6.45) is 3.55. The third-order valence-electron chi connectivity index (χ3n) is 4.35. The predicted octanol–water partition coefficient (Wildman–Crippen LogP) is 6.20. The third kappa shape index (κ3) is 5.03. The molecule has 0 radical (unpaired) electrons. The molecule has 0 aromatic heterocycles. The molecule has 0 saturated carbocycles. The van der Waals surface area contributed by atoms with Crippen LogP contribution in [0.3, 0.4) is 0 Å². The van der Waals surface area contributed by atoms with Gasteiger partial charge in [0.1, 0.15) is 23.5 Å². The smallest absolute Gasteiger partial charge is 0.168 e. The van der Waals surface area contributed by atoms with E-state index in [1.165, 1.54) is 6.08 Å². The van der Waals surface area contributed by atoms with E-state index in [1.807, 2.05) is 6.07 Å². The maximum absolute atomic E-state index is 13.7. The van der Waals surface area contributed by atoms with Gasteiger partial charge in [-0.1, -0.05) is 40.5 Å². The molecule has 0 heterocycles. The van der Waals surface area contributed by atoms with Crippen molar-refractivity contribution in [2.75, 3.05) is 6.61 Å². The van der Waals surface area contributed by atoms with Gasteiger partial charge in [-0.2, -0.15) is 0 Å². The Balaban J connectivity index is 1.79. The number of ether oxygens (including phenoxy) is 1. The summed E-state index contributed by atoms with van der Waals surface area (Å²) in [6.45, 7) is -0.564. The Hall–Kier alpha value is -2.25. The van der Waals surface area contributed by atoms with Crippen LogP contribution < -0.4 is 4.74 Å². The number of benzene rings is 2. The van der Waals surface area contributed by atoms with Crippen LogP contribution in [0.15, 0.2) is 40.0 Å². The summed E-state index contributed by atoms with van der Waals surface area (Å²) < 4.78 is 59.8. The van der Waals surface area contributed by atoms with Gasteiger partial charge < -0.3 is 9.57 Å². The first-order valence-electron chi connectivity index (χ1n) is 8.65. The van der Waals surface area contributed by atoms with E-state index in [4.69, 9.17) is 32.8 Å². The first-order valence-corrected chi connectivity index (χ1v) is 9.41. The average molecular weight is 448 g/mol. The van der Waals surface area contributed by atoms with Crippen molar-refractivity contribution in [1.29, 1.82) is 0 Å². The quantitative estimate of drug-likeness (QED) is 0.300. The van der Waals surface area contributed by atoms with Crippen LogP contribution in [0.4, 0.5) is 17.6 Å². The summed E-state index contributed by atoms with van der Waals surface area (Å²) in [6, 6.07) is 5.52. The molecular formula is C20H15Cl2F4NO2. The lowest BCUT2D eigenvalue weighted by Gasteiger charge is -2.20. The fourth-order valence-corrected chi connectivity index (χ4v) is 3.14. The van der Waals surface area contributed by atoms with Gasteiger partial charge in [-0.3, -0.25) is 0 Å². The van der Waals surface area contributed by atoms with Crippen LogP contribution in [-0.4, -0.2) is 12.3 Å². The molecule has 2 aromatic carbocycles. The van der Waals surface area contributed by atoms with Crippen molar-refractivity contribution in [2.24, 2.45) is 5.16 Å². The summed E-state index contributed by atoms with van der Waals surface area (Å²) >= 11 is 11.1. The molecule has 1 aliphatic carbocycles. The van der Waals surface area contributed by atoms with Gasteiger partial charge in [-0.05, 0) is 31.4 Å². The lowest BCUT2D eigenvalue weighted by molar-refractivity contribution is 0.123. The van der Waals surface area contributed by atoms with Crippen molar-refractivity contribution in [3.63, 3.8) is 0 Å². The SMILES string of the molecule is Fc1cc(F)c(F)c(CO/N=C2\CCCc3c(OCC=C(Cl)Cl)cccc32)c1F. The molecule has 3 nitrogen and oxygen atoms in total. The molecule has 0 amide bonds. The molecular weight excluding hydrogens is 433 g/mol. The first kappa shape index (κ1) is 21.5. The minimum Gasteiger partial charge on any atom is -0.489 e. The normalized spacial score (nSPS) is 14.5. The summed E-state index contributed by atoms with van der Waals surface area (Å²) in [5, 5.41) is 3.94. The topological polar surface area (TPSA) is 30.8 Å². The van der Waals surface area contributed by atoms with Gasteiger partial charge >= 0.3 is 0 Å². The molecule has 0 fully saturated rings. The second kappa shape index (κ2) is 9.50. The number of rotatable bonds is 6. The highest BCUT2D eigenvalue weighted by Crippen LogP contribution is 2.30. The molecule has 0 bridgehead atoms. The van der Waals surface area contributed by atoms with Gasteiger partial charge in [-0.15, -0.1) is 0 Å². The molecule has 9 heteroatoms. The zero-order valence-corrected chi connectivity index (χ0v) is 16.5. The molecule has 0 aliphatic heterocycles. The lowest BCUT2D eigenvalue weighted by atomic mass is 9.89. The van der Waals surface area contributed by atoms with Crippen molar-refractivity contribution < 1.29 is 27.1 Å². The molecule has 1 aliphatic rings. The van der Waals surface area contributed by atoms with Crippen molar-refractivity contribution >= 4 is 28.9 Å². The monoisotopic (exact) mass is 447 g/mol. The Labute approximate surface area is 174 Å². The van der Waals surface area contributed by atoms with Crippen molar-refractivity contribution in [3.05, 3.63) is 74.8 Å². The molecule has 2 aromatic rings. The van der Waals surface area contributed by atoms with Crippen LogP contribution in [-0.2, 0) is 17.9 Å². The number of fused-ring (bicyclic) bond motifs is 1. The van der Waals surface area contributed by atoms with E-state index >= 15 is 0 Å². The molecule has 0 saturated heterocycles. The highest BCUT2D eigenvalue weighted by Gasteiger charge is 2.21. The maximum Gasteiger partial charge on any atom is 0.168 e.